The van der Waals surface area contributed by atoms with Crippen LogP contribution in [-0.4, -0.2) is 72.6 Å². The maximum Gasteiger partial charge on any atom is 0.273 e. The smallest absolute Gasteiger partial charge is 0.273 e. The molecule has 0 spiro atoms. The van der Waals surface area contributed by atoms with Crippen molar-refractivity contribution in [2.45, 2.75) is 18.9 Å². The largest absolute Gasteiger partial charge is 0.394 e. The molecule has 7 heteroatoms. The van der Waals surface area contributed by atoms with Gasteiger partial charge in [0.15, 0.2) is 11.5 Å². The molecule has 0 saturated carbocycles. The molecule has 1 fully saturated rings. The molecule has 1 saturated heterocycles. The molecule has 2 heterocycles. The molecule has 0 radical (unpaired) electrons. The fraction of sp³-hybridized carbons (Fsp3) is 0.643. The van der Waals surface area contributed by atoms with Gasteiger partial charge in [0.1, 0.15) is 0 Å². The van der Waals surface area contributed by atoms with E-state index in [4.69, 9.17) is 9.84 Å². The molecule has 0 aliphatic carbocycles. The van der Waals surface area contributed by atoms with Crippen molar-refractivity contribution in [1.82, 2.24) is 15.1 Å². The summed E-state index contributed by atoms with van der Waals surface area (Å²) in [5.74, 6) is 0.635. The highest BCUT2D eigenvalue weighted by Crippen LogP contribution is 2.19. The minimum Gasteiger partial charge on any atom is -0.394 e. The number of anilines is 1. The summed E-state index contributed by atoms with van der Waals surface area (Å²) < 4.78 is 5.53. The number of amides is 1. The molecule has 7 nitrogen and oxygen atoms in total. The van der Waals surface area contributed by atoms with Gasteiger partial charge in [-0.15, -0.1) is 10.2 Å². The third kappa shape index (κ3) is 4.12. The van der Waals surface area contributed by atoms with E-state index in [1.165, 1.54) is 4.90 Å². The highest BCUT2D eigenvalue weighted by Gasteiger charge is 2.21. The van der Waals surface area contributed by atoms with Gasteiger partial charge in [0.25, 0.3) is 5.91 Å². The SMILES string of the molecule is CN(C)C(=O)c1ccc(N2CCC(OCCO)CC2)nn1. The first-order valence-electron chi connectivity index (χ1n) is 7.14. The zero-order valence-corrected chi connectivity index (χ0v) is 12.5. The number of hydrogen-bond acceptors (Lipinski definition) is 6. The lowest BCUT2D eigenvalue weighted by Gasteiger charge is -2.32. The molecule has 1 N–H and O–H groups in total. The summed E-state index contributed by atoms with van der Waals surface area (Å²) in [5, 5.41) is 16.9. The Labute approximate surface area is 124 Å². The van der Waals surface area contributed by atoms with Gasteiger partial charge in [0.05, 0.1) is 19.3 Å². The molecular formula is C14H22N4O3. The minimum absolute atomic E-state index is 0.0626. The normalized spacial score (nSPS) is 16.0. The first-order chi connectivity index (χ1) is 10.1. The fourth-order valence-electron chi connectivity index (χ4n) is 2.31. The molecular weight excluding hydrogens is 272 g/mol. The third-order valence-electron chi connectivity index (χ3n) is 3.49. The molecule has 21 heavy (non-hydrogen) atoms. The molecule has 1 aromatic rings. The number of piperidine rings is 1. The van der Waals surface area contributed by atoms with Crippen molar-refractivity contribution in [3.05, 3.63) is 17.8 Å². The first-order valence-corrected chi connectivity index (χ1v) is 7.14. The Balaban J connectivity index is 1.90. The number of rotatable bonds is 5. The van der Waals surface area contributed by atoms with Crippen LogP contribution >= 0.6 is 0 Å². The van der Waals surface area contributed by atoms with E-state index in [0.29, 0.717) is 12.3 Å². The molecule has 2 rings (SSSR count). The topological polar surface area (TPSA) is 78.8 Å². The second kappa shape index (κ2) is 7.33. The Bertz CT molecular complexity index is 456. The zero-order valence-electron chi connectivity index (χ0n) is 12.5. The van der Waals surface area contributed by atoms with Gasteiger partial charge < -0.3 is 19.6 Å². The van der Waals surface area contributed by atoms with E-state index in [2.05, 4.69) is 15.1 Å². The number of carbonyl (C=O) groups excluding carboxylic acids is 1. The van der Waals surface area contributed by atoms with Crippen LogP contribution in [0.4, 0.5) is 5.82 Å². The van der Waals surface area contributed by atoms with Crippen LogP contribution in [0.15, 0.2) is 12.1 Å². The first kappa shape index (κ1) is 15.7. The van der Waals surface area contributed by atoms with E-state index in [1.807, 2.05) is 6.07 Å². The fourth-order valence-corrected chi connectivity index (χ4v) is 2.31. The van der Waals surface area contributed by atoms with Gasteiger partial charge in [0, 0.05) is 27.2 Å². The van der Waals surface area contributed by atoms with Gasteiger partial charge in [-0.3, -0.25) is 4.79 Å². The summed E-state index contributed by atoms with van der Waals surface area (Å²) in [6.45, 7) is 2.14. The predicted octanol–water partition coefficient (Wildman–Crippen LogP) is 0.156. The molecule has 1 aromatic heterocycles. The van der Waals surface area contributed by atoms with Crippen LogP contribution in [0.2, 0.25) is 0 Å². The molecule has 116 valence electrons. The maximum atomic E-state index is 11.7. The van der Waals surface area contributed by atoms with Gasteiger partial charge in [-0.2, -0.15) is 0 Å². The van der Waals surface area contributed by atoms with E-state index < -0.39 is 0 Å². The number of nitrogens with zero attached hydrogens (tertiary/aromatic N) is 4. The van der Waals surface area contributed by atoms with Crippen LogP contribution in [0.1, 0.15) is 23.3 Å². The minimum atomic E-state index is -0.148. The van der Waals surface area contributed by atoms with Crippen molar-refractivity contribution in [3.63, 3.8) is 0 Å². The lowest BCUT2D eigenvalue weighted by molar-refractivity contribution is 0.0158. The second-order valence-electron chi connectivity index (χ2n) is 5.26. The van der Waals surface area contributed by atoms with Crippen LogP contribution in [-0.2, 0) is 4.74 Å². The molecule has 1 aliphatic heterocycles. The van der Waals surface area contributed by atoms with Gasteiger partial charge in [-0.1, -0.05) is 0 Å². The standard InChI is InChI=1S/C14H22N4O3/c1-17(2)14(20)12-3-4-13(16-15-12)18-7-5-11(6-8-18)21-10-9-19/h3-4,11,19H,5-10H2,1-2H3. The molecule has 1 aliphatic rings. The molecule has 1 amide bonds. The Morgan fingerprint density at radius 3 is 2.62 bits per heavy atom. The van der Waals surface area contributed by atoms with Gasteiger partial charge in [0.2, 0.25) is 0 Å². The lowest BCUT2D eigenvalue weighted by Crippen LogP contribution is -2.38. The number of aliphatic hydroxyl groups excluding tert-OH is 1. The number of aliphatic hydroxyl groups is 1. The molecule has 0 aromatic carbocycles. The third-order valence-corrected chi connectivity index (χ3v) is 3.49. The Morgan fingerprint density at radius 1 is 1.38 bits per heavy atom. The van der Waals surface area contributed by atoms with Crippen LogP contribution in [0.25, 0.3) is 0 Å². The average Bonchev–Trinajstić information content (AvgIpc) is 2.53. The van der Waals surface area contributed by atoms with Crippen molar-refractivity contribution >= 4 is 11.7 Å². The summed E-state index contributed by atoms with van der Waals surface area (Å²) in [6.07, 6.45) is 2.01. The van der Waals surface area contributed by atoms with Crippen molar-refractivity contribution in [2.24, 2.45) is 0 Å². The van der Waals surface area contributed by atoms with E-state index in [9.17, 15) is 4.79 Å². The summed E-state index contributed by atoms with van der Waals surface area (Å²) in [6, 6.07) is 3.54. The quantitative estimate of drug-likeness (QED) is 0.833. The van der Waals surface area contributed by atoms with Gasteiger partial charge in [-0.05, 0) is 25.0 Å². The number of carbonyl (C=O) groups is 1. The summed E-state index contributed by atoms with van der Waals surface area (Å²) in [5.41, 5.74) is 0.352. The average molecular weight is 294 g/mol. The van der Waals surface area contributed by atoms with Crippen molar-refractivity contribution < 1.29 is 14.6 Å². The predicted molar refractivity (Wildman–Crippen MR) is 78.3 cm³/mol. The van der Waals surface area contributed by atoms with E-state index in [1.54, 1.807) is 20.2 Å². The van der Waals surface area contributed by atoms with E-state index in [-0.39, 0.29) is 18.6 Å². The van der Waals surface area contributed by atoms with Crippen molar-refractivity contribution in [1.29, 1.82) is 0 Å². The number of ether oxygens (including phenoxy) is 1. The van der Waals surface area contributed by atoms with Crippen LogP contribution in [0.3, 0.4) is 0 Å². The molecule has 0 bridgehead atoms. The van der Waals surface area contributed by atoms with Crippen LogP contribution in [0.5, 0.6) is 0 Å². The zero-order chi connectivity index (χ0) is 15.2. The summed E-state index contributed by atoms with van der Waals surface area (Å²) in [4.78, 5) is 15.4. The van der Waals surface area contributed by atoms with Crippen LogP contribution in [0, 0.1) is 0 Å². The molecule has 0 atom stereocenters. The van der Waals surface area contributed by atoms with E-state index in [0.717, 1.165) is 31.7 Å². The second-order valence-corrected chi connectivity index (χ2v) is 5.26. The Hall–Kier alpha value is -1.73. The van der Waals surface area contributed by atoms with Gasteiger partial charge >= 0.3 is 0 Å². The highest BCUT2D eigenvalue weighted by atomic mass is 16.5. The maximum absolute atomic E-state index is 11.7. The highest BCUT2D eigenvalue weighted by molar-refractivity contribution is 5.91. The monoisotopic (exact) mass is 294 g/mol. The number of aromatic nitrogens is 2. The van der Waals surface area contributed by atoms with Crippen molar-refractivity contribution in [3.8, 4) is 0 Å². The summed E-state index contributed by atoms with van der Waals surface area (Å²) >= 11 is 0. The Morgan fingerprint density at radius 2 is 2.10 bits per heavy atom. The lowest BCUT2D eigenvalue weighted by atomic mass is 10.1. The Kier molecular flexibility index (Phi) is 5.46. The van der Waals surface area contributed by atoms with E-state index >= 15 is 0 Å². The summed E-state index contributed by atoms with van der Waals surface area (Å²) in [7, 11) is 3.38. The molecule has 0 unspecified atom stereocenters. The van der Waals surface area contributed by atoms with Gasteiger partial charge in [-0.25, -0.2) is 0 Å². The van der Waals surface area contributed by atoms with Crippen LogP contribution < -0.4 is 4.90 Å². The number of hydrogen-bond donors (Lipinski definition) is 1. The van der Waals surface area contributed by atoms with Crippen molar-refractivity contribution in [2.75, 3.05) is 45.3 Å².